The molecular formula is C19H26N5OS+. The standard InChI is InChI=1S/C19H25N5OS/c1-19(2)9-14-12(10-25-19)8-13-15-16(26-18(13)23-14)17(22-11-21-15)20-6-5-7-24(3)4/h8,11H,5-7,9-10H2,1-4H3,(H,20,21,22)/p+1. The SMILES string of the molecule is C[NH+](C)CCCNc1ncnc2c1sc1nc3c(cc12)COC(C)(C)C3. The van der Waals surface area contributed by atoms with Crippen LogP contribution in [0.4, 0.5) is 5.82 Å². The zero-order valence-electron chi connectivity index (χ0n) is 15.8. The predicted octanol–water partition coefficient (Wildman–Crippen LogP) is 2.04. The minimum atomic E-state index is -0.148. The van der Waals surface area contributed by atoms with Gasteiger partial charge in [0.15, 0.2) is 0 Å². The number of hydrogen-bond donors (Lipinski definition) is 2. The molecule has 0 amide bonds. The third-order valence-corrected chi connectivity index (χ3v) is 5.87. The smallest absolute Gasteiger partial charge is 0.147 e. The summed E-state index contributed by atoms with van der Waals surface area (Å²) in [5.41, 5.74) is 3.17. The number of aromatic nitrogens is 3. The van der Waals surface area contributed by atoms with Gasteiger partial charge in [-0.3, -0.25) is 0 Å². The van der Waals surface area contributed by atoms with Gasteiger partial charge in [0.05, 0.1) is 48.8 Å². The first-order valence-corrected chi connectivity index (χ1v) is 9.97. The molecule has 0 aliphatic carbocycles. The predicted molar refractivity (Wildman–Crippen MR) is 106 cm³/mol. The van der Waals surface area contributed by atoms with Crippen molar-refractivity contribution in [3.8, 4) is 0 Å². The molecule has 2 N–H and O–H groups in total. The van der Waals surface area contributed by atoms with E-state index in [2.05, 4.69) is 49.3 Å². The van der Waals surface area contributed by atoms with Crippen molar-refractivity contribution >= 4 is 37.6 Å². The molecule has 0 spiro atoms. The van der Waals surface area contributed by atoms with Crippen LogP contribution in [-0.2, 0) is 17.8 Å². The lowest BCUT2D eigenvalue weighted by molar-refractivity contribution is -0.858. The third kappa shape index (κ3) is 3.39. The Balaban J connectivity index is 1.69. The van der Waals surface area contributed by atoms with Crippen LogP contribution in [0.5, 0.6) is 0 Å². The van der Waals surface area contributed by atoms with E-state index in [0.29, 0.717) is 6.61 Å². The average molecular weight is 373 g/mol. The van der Waals surface area contributed by atoms with Crippen LogP contribution in [0.3, 0.4) is 0 Å². The van der Waals surface area contributed by atoms with E-state index < -0.39 is 0 Å². The summed E-state index contributed by atoms with van der Waals surface area (Å²) in [6, 6.07) is 2.21. The van der Waals surface area contributed by atoms with Crippen molar-refractivity contribution < 1.29 is 9.64 Å². The summed E-state index contributed by atoms with van der Waals surface area (Å²) in [5, 5.41) is 4.59. The van der Waals surface area contributed by atoms with Gasteiger partial charge in [0, 0.05) is 30.3 Å². The summed E-state index contributed by atoms with van der Waals surface area (Å²) in [6.07, 6.45) is 3.60. The Morgan fingerprint density at radius 2 is 2.15 bits per heavy atom. The molecule has 0 fully saturated rings. The van der Waals surface area contributed by atoms with E-state index >= 15 is 0 Å². The topological polar surface area (TPSA) is 64.4 Å². The minimum Gasteiger partial charge on any atom is -0.370 e. The van der Waals surface area contributed by atoms with Crippen LogP contribution in [0.15, 0.2) is 12.4 Å². The quantitative estimate of drug-likeness (QED) is 0.671. The largest absolute Gasteiger partial charge is 0.370 e. The van der Waals surface area contributed by atoms with Crippen LogP contribution in [0, 0.1) is 0 Å². The molecule has 138 valence electrons. The summed E-state index contributed by atoms with van der Waals surface area (Å²) in [7, 11) is 4.35. The fourth-order valence-corrected chi connectivity index (χ4v) is 4.46. The van der Waals surface area contributed by atoms with E-state index in [0.717, 1.165) is 57.9 Å². The number of pyridine rings is 1. The lowest BCUT2D eigenvalue weighted by Crippen LogP contribution is -3.05. The Kier molecular flexibility index (Phi) is 4.54. The van der Waals surface area contributed by atoms with Gasteiger partial charge in [0.1, 0.15) is 17.0 Å². The summed E-state index contributed by atoms with van der Waals surface area (Å²) >= 11 is 1.68. The van der Waals surface area contributed by atoms with E-state index in [1.54, 1.807) is 17.7 Å². The van der Waals surface area contributed by atoms with Crippen molar-refractivity contribution in [2.45, 2.75) is 38.9 Å². The molecule has 0 aromatic carbocycles. The highest BCUT2D eigenvalue weighted by atomic mass is 32.1. The number of hydrogen-bond acceptors (Lipinski definition) is 6. The van der Waals surface area contributed by atoms with Crippen LogP contribution < -0.4 is 10.2 Å². The Bertz CT molecular complexity index is 950. The van der Waals surface area contributed by atoms with Crippen molar-refractivity contribution in [3.63, 3.8) is 0 Å². The van der Waals surface area contributed by atoms with Gasteiger partial charge < -0.3 is 15.0 Å². The van der Waals surface area contributed by atoms with Crippen LogP contribution in [0.1, 0.15) is 31.5 Å². The molecule has 6 nitrogen and oxygen atoms in total. The van der Waals surface area contributed by atoms with E-state index in [1.807, 2.05) is 0 Å². The molecule has 0 radical (unpaired) electrons. The van der Waals surface area contributed by atoms with E-state index in [-0.39, 0.29) is 5.60 Å². The van der Waals surface area contributed by atoms with Crippen molar-refractivity contribution in [1.82, 2.24) is 15.0 Å². The molecule has 0 bridgehead atoms. The van der Waals surface area contributed by atoms with Gasteiger partial charge >= 0.3 is 0 Å². The first-order chi connectivity index (χ1) is 12.4. The monoisotopic (exact) mass is 372 g/mol. The van der Waals surface area contributed by atoms with Gasteiger partial charge in [0.2, 0.25) is 0 Å². The molecule has 0 saturated carbocycles. The van der Waals surface area contributed by atoms with Crippen LogP contribution in [0.2, 0.25) is 0 Å². The van der Waals surface area contributed by atoms with Gasteiger partial charge in [-0.1, -0.05) is 0 Å². The second kappa shape index (κ2) is 6.72. The van der Waals surface area contributed by atoms with E-state index in [9.17, 15) is 0 Å². The number of rotatable bonds is 5. The summed E-state index contributed by atoms with van der Waals surface area (Å²) in [4.78, 5) is 16.5. The molecule has 0 atom stereocenters. The Morgan fingerprint density at radius 1 is 1.31 bits per heavy atom. The van der Waals surface area contributed by atoms with Crippen LogP contribution in [-0.4, -0.2) is 47.7 Å². The molecule has 4 rings (SSSR count). The maximum atomic E-state index is 5.95. The lowest BCUT2D eigenvalue weighted by Gasteiger charge is -2.30. The van der Waals surface area contributed by atoms with Gasteiger partial charge in [-0.25, -0.2) is 15.0 Å². The second-order valence-electron chi connectivity index (χ2n) is 7.91. The zero-order valence-corrected chi connectivity index (χ0v) is 16.7. The van der Waals surface area contributed by atoms with Gasteiger partial charge in [0.25, 0.3) is 0 Å². The highest BCUT2D eigenvalue weighted by Gasteiger charge is 2.28. The fraction of sp³-hybridized carbons (Fsp3) is 0.526. The lowest BCUT2D eigenvalue weighted by atomic mass is 9.95. The fourth-order valence-electron chi connectivity index (χ4n) is 3.36. The van der Waals surface area contributed by atoms with E-state index in [4.69, 9.17) is 9.72 Å². The molecule has 0 unspecified atom stereocenters. The summed E-state index contributed by atoms with van der Waals surface area (Å²) in [6.45, 7) is 6.91. The zero-order chi connectivity index (χ0) is 18.3. The third-order valence-electron chi connectivity index (χ3n) is 4.77. The second-order valence-corrected chi connectivity index (χ2v) is 8.91. The van der Waals surface area contributed by atoms with Gasteiger partial charge in [-0.05, 0) is 19.9 Å². The molecule has 1 aliphatic rings. The average Bonchev–Trinajstić information content (AvgIpc) is 2.94. The van der Waals surface area contributed by atoms with Gasteiger partial charge in [-0.2, -0.15) is 0 Å². The first kappa shape index (κ1) is 17.6. The normalized spacial score (nSPS) is 16.3. The van der Waals surface area contributed by atoms with Gasteiger partial charge in [-0.15, -0.1) is 11.3 Å². The summed E-state index contributed by atoms with van der Waals surface area (Å²) < 4.78 is 7.05. The number of ether oxygens (including phenoxy) is 1. The Labute approximate surface area is 157 Å². The molecule has 1 aliphatic heterocycles. The summed E-state index contributed by atoms with van der Waals surface area (Å²) in [5.74, 6) is 0.918. The van der Waals surface area contributed by atoms with Crippen molar-refractivity contribution in [3.05, 3.63) is 23.7 Å². The molecule has 3 aromatic rings. The number of fused-ring (bicyclic) bond motifs is 4. The first-order valence-electron chi connectivity index (χ1n) is 9.16. The maximum absolute atomic E-state index is 5.95. The highest BCUT2D eigenvalue weighted by Crippen LogP contribution is 2.37. The number of nitrogens with zero attached hydrogens (tertiary/aromatic N) is 3. The minimum absolute atomic E-state index is 0.148. The molecule has 4 heterocycles. The van der Waals surface area contributed by atoms with Crippen molar-refractivity contribution in [1.29, 1.82) is 0 Å². The Hall–Kier alpha value is -1.83. The molecule has 7 heteroatoms. The number of anilines is 1. The van der Waals surface area contributed by atoms with Crippen LogP contribution in [0.25, 0.3) is 20.4 Å². The molecule has 0 saturated heterocycles. The van der Waals surface area contributed by atoms with Crippen molar-refractivity contribution in [2.75, 3.05) is 32.5 Å². The maximum Gasteiger partial charge on any atom is 0.147 e. The van der Waals surface area contributed by atoms with Crippen molar-refractivity contribution in [2.24, 2.45) is 0 Å². The van der Waals surface area contributed by atoms with Crippen LogP contribution >= 0.6 is 11.3 Å². The number of nitrogens with one attached hydrogen (secondary N) is 2. The number of thiophene rings is 1. The molecule has 3 aromatic heterocycles. The Morgan fingerprint density at radius 3 is 2.96 bits per heavy atom. The van der Waals surface area contributed by atoms with E-state index in [1.165, 1.54) is 10.5 Å². The highest BCUT2D eigenvalue weighted by molar-refractivity contribution is 7.25. The molecular weight excluding hydrogens is 346 g/mol. The molecule has 26 heavy (non-hydrogen) atoms. The number of quaternary nitrogens is 1.